The van der Waals surface area contributed by atoms with Gasteiger partial charge in [0.25, 0.3) is 11.8 Å². The molecule has 0 spiro atoms. The average Bonchev–Trinajstić information content (AvgIpc) is 2.80. The van der Waals surface area contributed by atoms with Crippen molar-refractivity contribution < 1.29 is 9.59 Å². The van der Waals surface area contributed by atoms with E-state index in [0.717, 1.165) is 11.3 Å². The maximum absolute atomic E-state index is 12.6. The van der Waals surface area contributed by atoms with Gasteiger partial charge in [0.2, 0.25) is 0 Å². The van der Waals surface area contributed by atoms with E-state index in [2.05, 4.69) is 12.2 Å². The monoisotopic (exact) mass is 360 g/mol. The van der Waals surface area contributed by atoms with E-state index in [4.69, 9.17) is 23.2 Å². The third kappa shape index (κ3) is 3.03. The number of carbonyl (C=O) groups is 2. The predicted octanol–water partition coefficient (Wildman–Crippen LogP) is 4.34. The van der Waals surface area contributed by atoms with Gasteiger partial charge in [0, 0.05) is 10.7 Å². The molecule has 1 aliphatic heterocycles. The highest BCUT2D eigenvalue weighted by atomic mass is 35.5. The molecule has 1 aliphatic rings. The van der Waals surface area contributed by atoms with Crippen molar-refractivity contribution in [3.63, 3.8) is 0 Å². The maximum atomic E-state index is 12.6. The highest BCUT2D eigenvalue weighted by molar-refractivity contribution is 6.53. The summed E-state index contributed by atoms with van der Waals surface area (Å²) < 4.78 is 0. The van der Waals surface area contributed by atoms with Crippen LogP contribution in [0.4, 0.5) is 11.4 Å². The number of nitrogens with one attached hydrogen (secondary N) is 1. The van der Waals surface area contributed by atoms with Crippen LogP contribution >= 0.6 is 23.2 Å². The van der Waals surface area contributed by atoms with Crippen LogP contribution in [0.25, 0.3) is 0 Å². The molecule has 0 unspecified atom stereocenters. The standard InChI is InChI=1S/C18H14Cl2N2O2/c1-2-11-3-7-13(8-4-11)21-16-15(20)17(23)22(18(16)24)14-9-5-12(19)6-10-14/h3-10,21H,2H2,1H3. The molecule has 2 aromatic rings. The molecule has 2 amide bonds. The van der Waals surface area contributed by atoms with Gasteiger partial charge in [-0.25, -0.2) is 4.90 Å². The SMILES string of the molecule is CCc1ccc(NC2=C(Cl)C(=O)N(c3ccc(Cl)cc3)C2=O)cc1. The number of imide groups is 1. The van der Waals surface area contributed by atoms with Crippen LogP contribution in [0.15, 0.2) is 59.3 Å². The first kappa shape index (κ1) is 16.6. The second kappa shape index (κ2) is 6.67. The van der Waals surface area contributed by atoms with Gasteiger partial charge in [-0.3, -0.25) is 9.59 Å². The highest BCUT2D eigenvalue weighted by Gasteiger charge is 2.38. The fourth-order valence-corrected chi connectivity index (χ4v) is 2.74. The Morgan fingerprint density at radius 3 is 2.12 bits per heavy atom. The number of hydrogen-bond donors (Lipinski definition) is 1. The lowest BCUT2D eigenvalue weighted by molar-refractivity contribution is -0.120. The zero-order valence-electron chi connectivity index (χ0n) is 12.8. The normalized spacial score (nSPS) is 14.5. The molecule has 6 heteroatoms. The number of nitrogens with zero attached hydrogens (tertiary/aromatic N) is 1. The topological polar surface area (TPSA) is 49.4 Å². The van der Waals surface area contributed by atoms with Crippen LogP contribution in [0.2, 0.25) is 5.02 Å². The summed E-state index contributed by atoms with van der Waals surface area (Å²) in [5.41, 5.74) is 2.36. The van der Waals surface area contributed by atoms with E-state index in [0.29, 0.717) is 16.4 Å². The zero-order valence-corrected chi connectivity index (χ0v) is 14.4. The highest BCUT2D eigenvalue weighted by Crippen LogP contribution is 2.30. The van der Waals surface area contributed by atoms with Crippen molar-refractivity contribution in [1.29, 1.82) is 0 Å². The van der Waals surface area contributed by atoms with Gasteiger partial charge in [0.05, 0.1) is 5.69 Å². The molecule has 0 aliphatic carbocycles. The number of aryl methyl sites for hydroxylation is 1. The summed E-state index contributed by atoms with van der Waals surface area (Å²) in [6.07, 6.45) is 0.922. The molecule has 1 N–H and O–H groups in total. The van der Waals surface area contributed by atoms with Gasteiger partial charge in [0.1, 0.15) is 10.7 Å². The number of amides is 2. The minimum absolute atomic E-state index is 0.0702. The quantitative estimate of drug-likeness (QED) is 0.825. The molecule has 1 heterocycles. The second-order valence-corrected chi connectivity index (χ2v) is 6.10. The number of carbonyl (C=O) groups excluding carboxylic acids is 2. The molecule has 2 aromatic carbocycles. The van der Waals surface area contributed by atoms with Gasteiger partial charge in [-0.2, -0.15) is 0 Å². The fraction of sp³-hybridized carbons (Fsp3) is 0.111. The van der Waals surface area contributed by atoms with Gasteiger partial charge in [-0.1, -0.05) is 42.3 Å². The minimum atomic E-state index is -0.559. The first-order valence-electron chi connectivity index (χ1n) is 7.41. The lowest BCUT2D eigenvalue weighted by Crippen LogP contribution is -2.32. The van der Waals surface area contributed by atoms with E-state index >= 15 is 0 Å². The molecule has 0 bridgehead atoms. The summed E-state index contributed by atoms with van der Waals surface area (Å²) in [5.74, 6) is -1.05. The zero-order chi connectivity index (χ0) is 17.3. The first-order valence-corrected chi connectivity index (χ1v) is 8.17. The molecule has 3 rings (SSSR count). The van der Waals surface area contributed by atoms with Crippen LogP contribution in [-0.4, -0.2) is 11.8 Å². The van der Waals surface area contributed by atoms with E-state index in [-0.39, 0.29) is 10.7 Å². The molecule has 122 valence electrons. The van der Waals surface area contributed by atoms with Crippen molar-refractivity contribution in [3.05, 3.63) is 69.8 Å². The van der Waals surface area contributed by atoms with Crippen LogP contribution in [0.5, 0.6) is 0 Å². The van der Waals surface area contributed by atoms with Crippen LogP contribution in [-0.2, 0) is 16.0 Å². The number of anilines is 2. The Bertz CT molecular complexity index is 827. The van der Waals surface area contributed by atoms with Crippen LogP contribution in [0, 0.1) is 0 Å². The maximum Gasteiger partial charge on any atom is 0.283 e. The fourth-order valence-electron chi connectivity index (χ4n) is 2.40. The van der Waals surface area contributed by atoms with Crippen molar-refractivity contribution >= 4 is 46.4 Å². The number of rotatable bonds is 4. The Morgan fingerprint density at radius 2 is 1.54 bits per heavy atom. The summed E-state index contributed by atoms with van der Waals surface area (Å²) in [4.78, 5) is 26.0. The summed E-state index contributed by atoms with van der Waals surface area (Å²) >= 11 is 11.9. The second-order valence-electron chi connectivity index (χ2n) is 5.29. The summed E-state index contributed by atoms with van der Waals surface area (Å²) in [7, 11) is 0. The third-order valence-corrected chi connectivity index (χ3v) is 4.35. The van der Waals surface area contributed by atoms with Crippen molar-refractivity contribution in [2.45, 2.75) is 13.3 Å². The van der Waals surface area contributed by atoms with Gasteiger partial charge in [-0.05, 0) is 48.4 Å². The summed E-state index contributed by atoms with van der Waals surface area (Å²) in [6.45, 7) is 2.06. The Kier molecular flexibility index (Phi) is 4.60. The number of hydrogen-bond acceptors (Lipinski definition) is 3. The van der Waals surface area contributed by atoms with Crippen molar-refractivity contribution in [3.8, 4) is 0 Å². The van der Waals surface area contributed by atoms with Crippen molar-refractivity contribution in [2.24, 2.45) is 0 Å². The van der Waals surface area contributed by atoms with Crippen molar-refractivity contribution in [2.75, 3.05) is 10.2 Å². The number of halogens is 2. The third-order valence-electron chi connectivity index (χ3n) is 3.74. The lowest BCUT2D eigenvalue weighted by atomic mass is 10.1. The molecule has 0 saturated heterocycles. The predicted molar refractivity (Wildman–Crippen MR) is 96.3 cm³/mol. The molecule has 4 nitrogen and oxygen atoms in total. The Morgan fingerprint density at radius 1 is 0.917 bits per heavy atom. The van der Waals surface area contributed by atoms with Crippen LogP contribution < -0.4 is 10.2 Å². The summed E-state index contributed by atoms with van der Waals surface area (Å²) in [5, 5.41) is 3.33. The van der Waals surface area contributed by atoms with Crippen LogP contribution in [0.3, 0.4) is 0 Å². The Balaban J connectivity index is 1.87. The smallest absolute Gasteiger partial charge is 0.283 e. The van der Waals surface area contributed by atoms with Gasteiger partial charge >= 0.3 is 0 Å². The van der Waals surface area contributed by atoms with E-state index < -0.39 is 11.8 Å². The molecule has 24 heavy (non-hydrogen) atoms. The summed E-state index contributed by atoms with van der Waals surface area (Å²) in [6, 6.07) is 14.0. The molecule has 0 radical (unpaired) electrons. The van der Waals surface area contributed by atoms with E-state index in [9.17, 15) is 9.59 Å². The van der Waals surface area contributed by atoms with Crippen LogP contribution in [0.1, 0.15) is 12.5 Å². The Labute approximate surface area is 149 Å². The molecule has 0 saturated carbocycles. The lowest BCUT2D eigenvalue weighted by Gasteiger charge is -2.15. The minimum Gasteiger partial charge on any atom is -0.350 e. The number of benzene rings is 2. The van der Waals surface area contributed by atoms with Gasteiger partial charge in [0.15, 0.2) is 0 Å². The molecular formula is C18H14Cl2N2O2. The first-order chi connectivity index (χ1) is 11.5. The largest absolute Gasteiger partial charge is 0.350 e. The van der Waals surface area contributed by atoms with Crippen molar-refractivity contribution in [1.82, 2.24) is 0 Å². The van der Waals surface area contributed by atoms with E-state index in [1.807, 2.05) is 24.3 Å². The molecule has 0 fully saturated rings. The molecule has 0 aromatic heterocycles. The van der Waals surface area contributed by atoms with Gasteiger partial charge < -0.3 is 5.32 Å². The Hall–Kier alpha value is -2.30. The van der Waals surface area contributed by atoms with E-state index in [1.54, 1.807) is 24.3 Å². The molecular weight excluding hydrogens is 347 g/mol. The van der Waals surface area contributed by atoms with Gasteiger partial charge in [-0.15, -0.1) is 0 Å². The molecule has 0 atom stereocenters. The van der Waals surface area contributed by atoms with E-state index in [1.165, 1.54) is 5.56 Å². The average molecular weight is 361 g/mol.